The summed E-state index contributed by atoms with van der Waals surface area (Å²) in [7, 11) is 0. The van der Waals surface area contributed by atoms with Crippen LogP contribution in [0.15, 0.2) is 12.7 Å². The first kappa shape index (κ1) is 13.6. The molecule has 1 aliphatic carbocycles. The number of carbonyl (C=O) groups excluding carboxylic acids is 1. The molecule has 0 N–H and O–H groups in total. The monoisotopic (exact) mass is 254 g/mol. The van der Waals surface area contributed by atoms with Crippen molar-refractivity contribution >= 4 is 5.97 Å². The summed E-state index contributed by atoms with van der Waals surface area (Å²) in [6, 6.07) is 0. The van der Waals surface area contributed by atoms with Crippen LogP contribution in [-0.4, -0.2) is 31.6 Å². The van der Waals surface area contributed by atoms with Gasteiger partial charge in [0.1, 0.15) is 5.41 Å². The number of ether oxygens (including phenoxy) is 3. The minimum absolute atomic E-state index is 0.202. The molecule has 18 heavy (non-hydrogen) atoms. The van der Waals surface area contributed by atoms with E-state index in [9.17, 15) is 4.79 Å². The third-order valence-corrected chi connectivity index (χ3v) is 4.00. The van der Waals surface area contributed by atoms with Gasteiger partial charge in [-0.25, -0.2) is 0 Å². The summed E-state index contributed by atoms with van der Waals surface area (Å²) in [5.41, 5.74) is -0.709. The molecule has 0 amide bonds. The summed E-state index contributed by atoms with van der Waals surface area (Å²) >= 11 is 0. The smallest absolute Gasteiger partial charge is 0.317 e. The van der Waals surface area contributed by atoms with Gasteiger partial charge < -0.3 is 14.2 Å². The highest BCUT2D eigenvalue weighted by atomic mass is 16.7. The number of esters is 1. The van der Waals surface area contributed by atoms with E-state index in [4.69, 9.17) is 14.2 Å². The Morgan fingerprint density at radius 2 is 2.00 bits per heavy atom. The van der Waals surface area contributed by atoms with Crippen LogP contribution in [0.1, 0.15) is 39.0 Å². The van der Waals surface area contributed by atoms with Gasteiger partial charge in [-0.15, -0.1) is 6.58 Å². The summed E-state index contributed by atoms with van der Waals surface area (Å²) in [4.78, 5) is 12.4. The summed E-state index contributed by atoms with van der Waals surface area (Å²) in [5.74, 6) is -0.988. The molecule has 102 valence electrons. The molecule has 1 saturated heterocycles. The van der Waals surface area contributed by atoms with Gasteiger partial charge in [0.25, 0.3) is 0 Å². The Morgan fingerprint density at radius 1 is 1.33 bits per heavy atom. The highest BCUT2D eigenvalue weighted by molar-refractivity contribution is 5.78. The molecule has 0 aromatic carbocycles. The van der Waals surface area contributed by atoms with Crippen molar-refractivity contribution in [3.63, 3.8) is 0 Å². The van der Waals surface area contributed by atoms with E-state index < -0.39 is 11.2 Å². The van der Waals surface area contributed by atoms with Crippen molar-refractivity contribution in [1.29, 1.82) is 0 Å². The van der Waals surface area contributed by atoms with Crippen LogP contribution in [0.5, 0.6) is 0 Å². The predicted molar refractivity (Wildman–Crippen MR) is 67.0 cm³/mol. The highest BCUT2D eigenvalue weighted by Gasteiger charge is 2.61. The number of carbonyl (C=O) groups is 1. The van der Waals surface area contributed by atoms with E-state index in [1.54, 1.807) is 6.08 Å². The van der Waals surface area contributed by atoms with Crippen LogP contribution in [-0.2, 0) is 19.0 Å². The molecule has 2 fully saturated rings. The van der Waals surface area contributed by atoms with Gasteiger partial charge in [0, 0.05) is 6.42 Å². The van der Waals surface area contributed by atoms with E-state index in [0.29, 0.717) is 26.2 Å². The van der Waals surface area contributed by atoms with Gasteiger partial charge in [0.05, 0.1) is 19.8 Å². The molecule has 4 heteroatoms. The van der Waals surface area contributed by atoms with Crippen molar-refractivity contribution < 1.29 is 19.0 Å². The lowest BCUT2D eigenvalue weighted by Gasteiger charge is -2.47. The average Bonchev–Trinajstić information content (AvgIpc) is 2.83. The van der Waals surface area contributed by atoms with E-state index in [0.717, 1.165) is 25.7 Å². The van der Waals surface area contributed by atoms with Crippen molar-refractivity contribution in [3.05, 3.63) is 12.7 Å². The maximum absolute atomic E-state index is 12.4. The fraction of sp³-hybridized carbons (Fsp3) is 0.786. The van der Waals surface area contributed by atoms with E-state index >= 15 is 0 Å². The second-order valence-corrected chi connectivity index (χ2v) is 4.95. The zero-order valence-corrected chi connectivity index (χ0v) is 11.1. The van der Waals surface area contributed by atoms with E-state index in [1.165, 1.54) is 0 Å². The van der Waals surface area contributed by atoms with Crippen molar-refractivity contribution in [3.8, 4) is 0 Å². The topological polar surface area (TPSA) is 44.8 Å². The minimum Gasteiger partial charge on any atom is -0.465 e. The number of hydrogen-bond acceptors (Lipinski definition) is 4. The van der Waals surface area contributed by atoms with Crippen LogP contribution in [0.4, 0.5) is 0 Å². The molecule has 0 aromatic rings. The average molecular weight is 254 g/mol. The molecule has 1 aliphatic heterocycles. The Balaban J connectivity index is 2.34. The largest absolute Gasteiger partial charge is 0.465 e. The molecule has 0 radical (unpaired) electrons. The molecule has 4 nitrogen and oxygen atoms in total. The molecule has 0 aromatic heterocycles. The lowest BCUT2D eigenvalue weighted by Crippen LogP contribution is -2.56. The van der Waals surface area contributed by atoms with Crippen LogP contribution in [0.25, 0.3) is 0 Å². The highest BCUT2D eigenvalue weighted by Crippen LogP contribution is 2.52. The van der Waals surface area contributed by atoms with Gasteiger partial charge in [-0.3, -0.25) is 4.79 Å². The van der Waals surface area contributed by atoms with Crippen LogP contribution in [0, 0.1) is 5.41 Å². The van der Waals surface area contributed by atoms with Gasteiger partial charge in [0.2, 0.25) is 0 Å². The van der Waals surface area contributed by atoms with E-state index in [1.807, 2.05) is 6.92 Å². The maximum Gasteiger partial charge on any atom is 0.317 e. The molecule has 2 rings (SSSR count). The molecule has 1 saturated carbocycles. The lowest BCUT2D eigenvalue weighted by atomic mass is 9.67. The summed E-state index contributed by atoms with van der Waals surface area (Å²) < 4.78 is 17.0. The molecule has 1 heterocycles. The molecule has 1 atom stereocenters. The van der Waals surface area contributed by atoms with Crippen molar-refractivity contribution in [2.24, 2.45) is 5.41 Å². The molecule has 2 aliphatic rings. The zero-order valence-electron chi connectivity index (χ0n) is 11.1. The Bertz CT molecular complexity index is 320. The Morgan fingerprint density at radius 3 is 2.61 bits per heavy atom. The SMILES string of the molecule is C=CC[C@@]1(C(=O)OCC)CCCCC12OCCO2. The van der Waals surface area contributed by atoms with Crippen LogP contribution < -0.4 is 0 Å². The first-order valence-corrected chi connectivity index (χ1v) is 6.77. The molecule has 1 spiro atoms. The Kier molecular flexibility index (Phi) is 4.07. The van der Waals surface area contributed by atoms with Gasteiger partial charge in [-0.1, -0.05) is 12.5 Å². The summed E-state index contributed by atoms with van der Waals surface area (Å²) in [5, 5.41) is 0. The molecular weight excluding hydrogens is 232 g/mol. The second-order valence-electron chi connectivity index (χ2n) is 4.95. The molecule has 0 unspecified atom stereocenters. The van der Waals surface area contributed by atoms with Crippen LogP contribution >= 0.6 is 0 Å². The molecule has 0 bridgehead atoms. The molecular formula is C14H22O4. The third-order valence-electron chi connectivity index (χ3n) is 4.00. The number of allylic oxidation sites excluding steroid dienone is 1. The normalized spacial score (nSPS) is 30.3. The van der Waals surface area contributed by atoms with Gasteiger partial charge >= 0.3 is 5.97 Å². The summed E-state index contributed by atoms with van der Waals surface area (Å²) in [6.45, 7) is 7.09. The fourth-order valence-electron chi connectivity index (χ4n) is 3.20. The van der Waals surface area contributed by atoms with Crippen molar-refractivity contribution in [2.75, 3.05) is 19.8 Å². The fourth-order valence-corrected chi connectivity index (χ4v) is 3.20. The first-order valence-electron chi connectivity index (χ1n) is 6.77. The van der Waals surface area contributed by atoms with Gasteiger partial charge in [0.15, 0.2) is 5.79 Å². The Hall–Kier alpha value is -0.870. The second kappa shape index (κ2) is 5.41. The quantitative estimate of drug-likeness (QED) is 0.571. The van der Waals surface area contributed by atoms with Crippen molar-refractivity contribution in [2.45, 2.75) is 44.8 Å². The van der Waals surface area contributed by atoms with Crippen molar-refractivity contribution in [1.82, 2.24) is 0 Å². The van der Waals surface area contributed by atoms with E-state index in [2.05, 4.69) is 6.58 Å². The third kappa shape index (κ3) is 1.97. The van der Waals surface area contributed by atoms with E-state index in [-0.39, 0.29) is 5.97 Å². The summed E-state index contributed by atoms with van der Waals surface area (Å²) in [6.07, 6.45) is 5.86. The standard InChI is InChI=1S/C14H22O4/c1-3-7-13(12(15)16-4-2)8-5-6-9-14(13)17-10-11-18-14/h3H,1,4-11H2,2H3/t13-/m0/s1. The number of rotatable bonds is 4. The van der Waals surface area contributed by atoms with Gasteiger partial charge in [-0.2, -0.15) is 0 Å². The number of hydrogen-bond donors (Lipinski definition) is 0. The first-order chi connectivity index (χ1) is 8.71. The van der Waals surface area contributed by atoms with Crippen LogP contribution in [0.2, 0.25) is 0 Å². The van der Waals surface area contributed by atoms with Crippen LogP contribution in [0.3, 0.4) is 0 Å². The lowest BCUT2D eigenvalue weighted by molar-refractivity contribution is -0.258. The van der Waals surface area contributed by atoms with Gasteiger partial charge in [-0.05, 0) is 26.2 Å². The zero-order chi connectivity index (χ0) is 13.1. The maximum atomic E-state index is 12.4. The predicted octanol–water partition coefficient (Wildman–Crippen LogP) is 2.43. The minimum atomic E-state index is -0.786. The Labute approximate surface area is 108 Å².